The van der Waals surface area contributed by atoms with Crippen LogP contribution in [0.3, 0.4) is 0 Å². The second-order valence-corrected chi connectivity index (χ2v) is 5.16. The van der Waals surface area contributed by atoms with E-state index >= 15 is 0 Å². The number of hydrogen-bond acceptors (Lipinski definition) is 3. The standard InChI is InChI=1S/C18H17NO2/c1-13(2)16-7-5-15(6-8-16)12-21-18(20)17-9-3-14(11-19)4-10-17/h3-10,13H,12H2,1-2H3. The van der Waals surface area contributed by atoms with Gasteiger partial charge in [0.25, 0.3) is 0 Å². The van der Waals surface area contributed by atoms with Crippen LogP contribution in [0, 0.1) is 11.3 Å². The Kier molecular flexibility index (Phi) is 4.73. The van der Waals surface area contributed by atoms with Crippen LogP contribution in [0.4, 0.5) is 0 Å². The number of nitriles is 1. The molecule has 0 spiro atoms. The first kappa shape index (κ1) is 14.8. The van der Waals surface area contributed by atoms with Crippen LogP contribution in [-0.4, -0.2) is 5.97 Å². The van der Waals surface area contributed by atoms with Gasteiger partial charge in [0.1, 0.15) is 6.61 Å². The van der Waals surface area contributed by atoms with Crippen LogP contribution < -0.4 is 0 Å². The van der Waals surface area contributed by atoms with Gasteiger partial charge in [0.05, 0.1) is 17.2 Å². The van der Waals surface area contributed by atoms with Crippen molar-refractivity contribution < 1.29 is 9.53 Å². The Balaban J connectivity index is 1.95. The highest BCUT2D eigenvalue weighted by atomic mass is 16.5. The minimum atomic E-state index is -0.382. The SMILES string of the molecule is CC(C)c1ccc(COC(=O)c2ccc(C#N)cc2)cc1. The van der Waals surface area contributed by atoms with Crippen LogP contribution in [0.1, 0.15) is 46.8 Å². The summed E-state index contributed by atoms with van der Waals surface area (Å²) in [4.78, 5) is 11.9. The maximum Gasteiger partial charge on any atom is 0.338 e. The Morgan fingerprint density at radius 3 is 2.24 bits per heavy atom. The molecule has 0 heterocycles. The van der Waals surface area contributed by atoms with Crippen molar-refractivity contribution >= 4 is 5.97 Å². The fraction of sp³-hybridized carbons (Fsp3) is 0.222. The van der Waals surface area contributed by atoms with E-state index in [1.807, 2.05) is 18.2 Å². The lowest BCUT2D eigenvalue weighted by atomic mass is 10.0. The molecule has 0 fully saturated rings. The molecule has 0 saturated heterocycles. The summed E-state index contributed by atoms with van der Waals surface area (Å²) in [5.74, 6) is 0.104. The fourth-order valence-corrected chi connectivity index (χ4v) is 1.91. The summed E-state index contributed by atoms with van der Waals surface area (Å²) in [6, 6.07) is 16.5. The molecule has 3 nitrogen and oxygen atoms in total. The van der Waals surface area contributed by atoms with Gasteiger partial charge in [-0.15, -0.1) is 0 Å². The molecule has 0 N–H and O–H groups in total. The molecule has 0 aliphatic carbocycles. The van der Waals surface area contributed by atoms with Crippen LogP contribution in [0.5, 0.6) is 0 Å². The largest absolute Gasteiger partial charge is 0.457 e. The highest BCUT2D eigenvalue weighted by Crippen LogP contribution is 2.15. The lowest BCUT2D eigenvalue weighted by Gasteiger charge is -2.08. The summed E-state index contributed by atoms with van der Waals surface area (Å²) < 4.78 is 5.27. The summed E-state index contributed by atoms with van der Waals surface area (Å²) >= 11 is 0. The number of carbonyl (C=O) groups is 1. The Hall–Kier alpha value is -2.60. The fourth-order valence-electron chi connectivity index (χ4n) is 1.91. The molecule has 2 aromatic rings. The third-order valence-corrected chi connectivity index (χ3v) is 3.27. The third-order valence-electron chi connectivity index (χ3n) is 3.27. The van der Waals surface area contributed by atoms with Gasteiger partial charge in [-0.05, 0) is 41.3 Å². The quantitative estimate of drug-likeness (QED) is 0.794. The molecule has 0 aromatic heterocycles. The van der Waals surface area contributed by atoms with Gasteiger partial charge in [-0.25, -0.2) is 4.79 Å². The summed E-state index contributed by atoms with van der Waals surface area (Å²) in [5.41, 5.74) is 3.20. The summed E-state index contributed by atoms with van der Waals surface area (Å²) in [6.45, 7) is 4.52. The first-order valence-corrected chi connectivity index (χ1v) is 6.86. The van der Waals surface area contributed by atoms with E-state index in [9.17, 15) is 4.79 Å². The van der Waals surface area contributed by atoms with Gasteiger partial charge in [-0.3, -0.25) is 0 Å². The Morgan fingerprint density at radius 1 is 1.10 bits per heavy atom. The third kappa shape index (κ3) is 3.93. The van der Waals surface area contributed by atoms with Crippen LogP contribution >= 0.6 is 0 Å². The molecule has 106 valence electrons. The average molecular weight is 279 g/mol. The molecule has 0 radical (unpaired) electrons. The molecule has 0 atom stereocenters. The number of carbonyl (C=O) groups excluding carboxylic acids is 1. The highest BCUT2D eigenvalue weighted by molar-refractivity contribution is 5.89. The normalized spacial score (nSPS) is 10.2. The Morgan fingerprint density at radius 2 is 1.71 bits per heavy atom. The number of ether oxygens (including phenoxy) is 1. The van der Waals surface area contributed by atoms with Crippen molar-refractivity contribution in [3.8, 4) is 6.07 Å². The monoisotopic (exact) mass is 279 g/mol. The van der Waals surface area contributed by atoms with Gasteiger partial charge in [-0.2, -0.15) is 5.26 Å². The first-order valence-electron chi connectivity index (χ1n) is 6.86. The summed E-state index contributed by atoms with van der Waals surface area (Å²) in [5, 5.41) is 8.71. The maximum atomic E-state index is 11.9. The molecule has 0 unspecified atom stereocenters. The zero-order chi connectivity index (χ0) is 15.2. The van der Waals surface area contributed by atoms with Crippen molar-refractivity contribution in [2.75, 3.05) is 0 Å². The van der Waals surface area contributed by atoms with Crippen LogP contribution in [0.15, 0.2) is 48.5 Å². The molecular weight excluding hydrogens is 262 g/mol. The predicted molar refractivity (Wildman–Crippen MR) is 80.8 cm³/mol. The minimum Gasteiger partial charge on any atom is -0.457 e. The van der Waals surface area contributed by atoms with Crippen molar-refractivity contribution in [2.24, 2.45) is 0 Å². The van der Waals surface area contributed by atoms with Crippen LogP contribution in [-0.2, 0) is 11.3 Å². The second kappa shape index (κ2) is 6.71. The van der Waals surface area contributed by atoms with Gasteiger partial charge < -0.3 is 4.74 Å². The van der Waals surface area contributed by atoms with Gasteiger partial charge in [-0.1, -0.05) is 38.1 Å². The lowest BCUT2D eigenvalue weighted by molar-refractivity contribution is 0.0472. The van der Waals surface area contributed by atoms with Crippen molar-refractivity contribution in [3.05, 3.63) is 70.8 Å². The molecule has 0 aliphatic rings. The van der Waals surface area contributed by atoms with E-state index in [1.165, 1.54) is 5.56 Å². The van der Waals surface area contributed by atoms with E-state index in [1.54, 1.807) is 24.3 Å². The van der Waals surface area contributed by atoms with E-state index in [4.69, 9.17) is 10.00 Å². The van der Waals surface area contributed by atoms with E-state index in [-0.39, 0.29) is 12.6 Å². The second-order valence-electron chi connectivity index (χ2n) is 5.16. The zero-order valence-corrected chi connectivity index (χ0v) is 12.2. The van der Waals surface area contributed by atoms with E-state index in [0.717, 1.165) is 5.56 Å². The van der Waals surface area contributed by atoms with Gasteiger partial charge >= 0.3 is 5.97 Å². The maximum absolute atomic E-state index is 11.9. The number of rotatable bonds is 4. The van der Waals surface area contributed by atoms with E-state index < -0.39 is 0 Å². The van der Waals surface area contributed by atoms with E-state index in [0.29, 0.717) is 17.0 Å². The zero-order valence-electron chi connectivity index (χ0n) is 12.2. The van der Waals surface area contributed by atoms with Crippen molar-refractivity contribution in [1.82, 2.24) is 0 Å². The minimum absolute atomic E-state index is 0.247. The molecule has 3 heteroatoms. The van der Waals surface area contributed by atoms with Crippen LogP contribution in [0.25, 0.3) is 0 Å². The predicted octanol–water partition coefficient (Wildman–Crippen LogP) is 4.04. The van der Waals surface area contributed by atoms with Gasteiger partial charge in [0.2, 0.25) is 0 Å². The van der Waals surface area contributed by atoms with E-state index in [2.05, 4.69) is 26.0 Å². The molecular formula is C18H17NO2. The molecule has 21 heavy (non-hydrogen) atoms. The average Bonchev–Trinajstić information content (AvgIpc) is 2.53. The molecule has 2 aromatic carbocycles. The smallest absolute Gasteiger partial charge is 0.338 e. The Labute approximate surface area is 124 Å². The van der Waals surface area contributed by atoms with Crippen LogP contribution in [0.2, 0.25) is 0 Å². The summed E-state index contributed by atoms with van der Waals surface area (Å²) in [6.07, 6.45) is 0. The van der Waals surface area contributed by atoms with Crippen molar-refractivity contribution in [1.29, 1.82) is 5.26 Å². The Bertz CT molecular complexity index is 649. The topological polar surface area (TPSA) is 50.1 Å². The number of nitrogens with zero attached hydrogens (tertiary/aromatic N) is 1. The number of esters is 1. The molecule has 0 bridgehead atoms. The molecule has 0 aliphatic heterocycles. The molecule has 0 amide bonds. The number of benzene rings is 2. The summed E-state index contributed by atoms with van der Waals surface area (Å²) in [7, 11) is 0. The lowest BCUT2D eigenvalue weighted by Crippen LogP contribution is -2.05. The van der Waals surface area contributed by atoms with Crippen molar-refractivity contribution in [2.45, 2.75) is 26.4 Å². The van der Waals surface area contributed by atoms with Gasteiger partial charge in [0.15, 0.2) is 0 Å². The molecule has 2 rings (SSSR count). The first-order chi connectivity index (χ1) is 10.1. The number of hydrogen-bond donors (Lipinski definition) is 0. The van der Waals surface area contributed by atoms with Gasteiger partial charge in [0, 0.05) is 0 Å². The van der Waals surface area contributed by atoms with Crippen molar-refractivity contribution in [3.63, 3.8) is 0 Å². The molecule has 0 saturated carbocycles. The highest BCUT2D eigenvalue weighted by Gasteiger charge is 2.07.